The molecule has 0 aliphatic rings. The van der Waals surface area contributed by atoms with E-state index in [2.05, 4.69) is 98.9 Å². The molecule has 2 heteroatoms. The second-order valence-electron chi connectivity index (χ2n) is 8.96. The number of carbonyl (C=O) groups excluding carboxylic acids is 1. The number of rotatable bonds is 10. The molecule has 3 rings (SSSR count). The van der Waals surface area contributed by atoms with E-state index in [0.29, 0.717) is 24.8 Å². The number of hydrogen-bond acceptors (Lipinski definition) is 1. The van der Waals surface area contributed by atoms with Crippen LogP contribution in [0, 0.1) is 12.8 Å². The van der Waals surface area contributed by atoms with Gasteiger partial charge in [0.1, 0.15) is 0 Å². The summed E-state index contributed by atoms with van der Waals surface area (Å²) in [4.78, 5) is 12.3. The number of benzene rings is 3. The van der Waals surface area contributed by atoms with Crippen molar-refractivity contribution in [2.45, 2.75) is 52.4 Å². The van der Waals surface area contributed by atoms with E-state index in [4.69, 9.17) is 0 Å². The van der Waals surface area contributed by atoms with Gasteiger partial charge in [0.25, 0.3) is 0 Å². The Labute approximate surface area is 187 Å². The molecule has 0 aromatic heterocycles. The van der Waals surface area contributed by atoms with Gasteiger partial charge in [-0.05, 0) is 65.8 Å². The van der Waals surface area contributed by atoms with Crippen molar-refractivity contribution < 1.29 is 4.79 Å². The fourth-order valence-electron chi connectivity index (χ4n) is 4.18. The maximum absolute atomic E-state index is 12.3. The van der Waals surface area contributed by atoms with Gasteiger partial charge in [-0.25, -0.2) is 0 Å². The van der Waals surface area contributed by atoms with Crippen molar-refractivity contribution in [1.82, 2.24) is 5.32 Å². The molecule has 0 saturated heterocycles. The third-order valence-corrected chi connectivity index (χ3v) is 5.87. The van der Waals surface area contributed by atoms with E-state index >= 15 is 0 Å². The largest absolute Gasteiger partial charge is 0.355 e. The molecule has 0 spiro atoms. The highest BCUT2D eigenvalue weighted by Crippen LogP contribution is 2.27. The molecule has 1 unspecified atom stereocenters. The maximum Gasteiger partial charge on any atom is 0.224 e. The predicted molar refractivity (Wildman–Crippen MR) is 130 cm³/mol. The van der Waals surface area contributed by atoms with Gasteiger partial charge in [0.15, 0.2) is 0 Å². The number of carbonyl (C=O) groups is 1. The number of aryl methyl sites for hydroxylation is 1. The molecule has 0 fully saturated rings. The van der Waals surface area contributed by atoms with Gasteiger partial charge >= 0.3 is 0 Å². The van der Waals surface area contributed by atoms with Gasteiger partial charge in [-0.2, -0.15) is 0 Å². The van der Waals surface area contributed by atoms with Crippen LogP contribution in [-0.2, 0) is 24.1 Å². The van der Waals surface area contributed by atoms with Crippen molar-refractivity contribution in [2.75, 3.05) is 6.54 Å². The Balaban J connectivity index is 1.51. The molecule has 1 amide bonds. The Morgan fingerprint density at radius 1 is 0.839 bits per heavy atom. The zero-order valence-electron chi connectivity index (χ0n) is 19.1. The van der Waals surface area contributed by atoms with E-state index in [1.807, 2.05) is 6.07 Å². The number of nitrogens with one attached hydrogen (secondary N) is 1. The van der Waals surface area contributed by atoms with Crippen molar-refractivity contribution in [2.24, 2.45) is 5.92 Å². The lowest BCUT2D eigenvalue weighted by atomic mass is 9.85. The maximum atomic E-state index is 12.3. The second kappa shape index (κ2) is 11.5. The summed E-state index contributed by atoms with van der Waals surface area (Å²) in [7, 11) is 0. The molecule has 162 valence electrons. The highest BCUT2D eigenvalue weighted by Gasteiger charge is 2.14. The van der Waals surface area contributed by atoms with Crippen LogP contribution in [0.15, 0.2) is 78.9 Å². The molecule has 3 aromatic rings. The summed E-state index contributed by atoms with van der Waals surface area (Å²) in [6.45, 7) is 7.37. The first-order chi connectivity index (χ1) is 15.0. The van der Waals surface area contributed by atoms with Gasteiger partial charge in [-0.3, -0.25) is 4.79 Å². The van der Waals surface area contributed by atoms with Gasteiger partial charge in [0.2, 0.25) is 5.91 Å². The van der Waals surface area contributed by atoms with Crippen molar-refractivity contribution in [3.8, 4) is 0 Å². The lowest BCUT2D eigenvalue weighted by Gasteiger charge is -2.20. The third kappa shape index (κ3) is 7.40. The van der Waals surface area contributed by atoms with Gasteiger partial charge in [0.05, 0.1) is 6.42 Å². The molecule has 0 bridgehead atoms. The molecule has 0 aliphatic heterocycles. The van der Waals surface area contributed by atoms with Crippen LogP contribution < -0.4 is 5.32 Å². The minimum absolute atomic E-state index is 0.0864. The molecule has 0 radical (unpaired) electrons. The van der Waals surface area contributed by atoms with Crippen LogP contribution in [0.1, 0.15) is 54.0 Å². The Kier molecular flexibility index (Phi) is 8.46. The van der Waals surface area contributed by atoms with Gasteiger partial charge < -0.3 is 5.32 Å². The zero-order valence-corrected chi connectivity index (χ0v) is 19.1. The average molecular weight is 414 g/mol. The smallest absolute Gasteiger partial charge is 0.224 e. The molecule has 0 heterocycles. The van der Waals surface area contributed by atoms with Crippen LogP contribution in [0.4, 0.5) is 0 Å². The quantitative estimate of drug-likeness (QED) is 0.417. The summed E-state index contributed by atoms with van der Waals surface area (Å²) in [5.74, 6) is 1.27. The van der Waals surface area contributed by atoms with E-state index in [0.717, 1.165) is 18.4 Å². The Hall–Kier alpha value is -2.87. The first kappa shape index (κ1) is 22.8. The van der Waals surface area contributed by atoms with Crippen LogP contribution in [0.5, 0.6) is 0 Å². The van der Waals surface area contributed by atoms with Gasteiger partial charge in [-0.15, -0.1) is 0 Å². The third-order valence-electron chi connectivity index (χ3n) is 5.87. The van der Waals surface area contributed by atoms with E-state index in [9.17, 15) is 4.79 Å². The highest BCUT2D eigenvalue weighted by molar-refractivity contribution is 5.78. The highest BCUT2D eigenvalue weighted by atomic mass is 16.1. The standard InChI is InChI=1S/C29H35NO/c1-22(2)19-28(27-11-5-4-6-12-27)20-24-13-15-25(16-14-24)21-29(31)30-18-17-26-10-8-7-9-23(26)3/h4-16,22,28H,17-21H2,1-3H3,(H,30,31). The number of amides is 1. The fourth-order valence-corrected chi connectivity index (χ4v) is 4.18. The Bertz CT molecular complexity index is 944. The van der Waals surface area contributed by atoms with E-state index in [-0.39, 0.29) is 5.91 Å². The van der Waals surface area contributed by atoms with Crippen LogP contribution in [0.2, 0.25) is 0 Å². The summed E-state index contributed by atoms with van der Waals surface area (Å²) in [6, 6.07) is 27.7. The summed E-state index contributed by atoms with van der Waals surface area (Å²) >= 11 is 0. The molecule has 0 saturated carbocycles. The van der Waals surface area contributed by atoms with Crippen LogP contribution in [0.3, 0.4) is 0 Å². The Morgan fingerprint density at radius 2 is 1.48 bits per heavy atom. The molecule has 1 atom stereocenters. The zero-order chi connectivity index (χ0) is 22.1. The average Bonchev–Trinajstić information content (AvgIpc) is 2.76. The predicted octanol–water partition coefficient (Wildman–Crippen LogP) is 6.27. The summed E-state index contributed by atoms with van der Waals surface area (Å²) in [5, 5.41) is 3.06. The fraction of sp³-hybridized carbons (Fsp3) is 0.345. The molecule has 0 aliphatic carbocycles. The van der Waals surface area contributed by atoms with Crippen LogP contribution in [0.25, 0.3) is 0 Å². The monoisotopic (exact) mass is 413 g/mol. The summed E-state index contributed by atoms with van der Waals surface area (Å²) in [5.41, 5.74) is 6.38. The Morgan fingerprint density at radius 3 is 2.16 bits per heavy atom. The first-order valence-electron chi connectivity index (χ1n) is 11.4. The normalized spacial score (nSPS) is 12.0. The summed E-state index contributed by atoms with van der Waals surface area (Å²) in [6.07, 6.45) is 3.51. The summed E-state index contributed by atoms with van der Waals surface area (Å²) < 4.78 is 0. The topological polar surface area (TPSA) is 29.1 Å². The van der Waals surface area contributed by atoms with Crippen molar-refractivity contribution in [1.29, 1.82) is 0 Å². The number of hydrogen-bond donors (Lipinski definition) is 1. The molecule has 31 heavy (non-hydrogen) atoms. The van der Waals surface area contributed by atoms with Crippen LogP contribution in [-0.4, -0.2) is 12.5 Å². The second-order valence-corrected chi connectivity index (χ2v) is 8.96. The first-order valence-corrected chi connectivity index (χ1v) is 11.4. The van der Waals surface area contributed by atoms with Crippen LogP contribution >= 0.6 is 0 Å². The minimum atomic E-state index is 0.0864. The van der Waals surface area contributed by atoms with E-state index < -0.39 is 0 Å². The lowest BCUT2D eigenvalue weighted by molar-refractivity contribution is -0.120. The molecular formula is C29H35NO. The van der Waals surface area contributed by atoms with E-state index in [1.54, 1.807) is 0 Å². The van der Waals surface area contributed by atoms with Gasteiger partial charge in [0, 0.05) is 6.54 Å². The molecule has 3 aromatic carbocycles. The molecule has 1 N–H and O–H groups in total. The van der Waals surface area contributed by atoms with Crippen molar-refractivity contribution in [3.05, 3.63) is 107 Å². The van der Waals surface area contributed by atoms with Crippen molar-refractivity contribution >= 4 is 5.91 Å². The minimum Gasteiger partial charge on any atom is -0.355 e. The van der Waals surface area contributed by atoms with Crippen molar-refractivity contribution in [3.63, 3.8) is 0 Å². The van der Waals surface area contributed by atoms with Gasteiger partial charge in [-0.1, -0.05) is 92.7 Å². The van der Waals surface area contributed by atoms with E-state index in [1.165, 1.54) is 28.7 Å². The SMILES string of the molecule is Cc1ccccc1CCNC(=O)Cc1ccc(CC(CC(C)C)c2ccccc2)cc1. The lowest BCUT2D eigenvalue weighted by Crippen LogP contribution is -2.27. The molecular weight excluding hydrogens is 378 g/mol. The molecule has 2 nitrogen and oxygen atoms in total.